The lowest BCUT2D eigenvalue weighted by atomic mass is 9.92. The van der Waals surface area contributed by atoms with Crippen molar-refractivity contribution in [3.05, 3.63) is 77.4 Å². The van der Waals surface area contributed by atoms with Gasteiger partial charge in [0.2, 0.25) is 5.78 Å². The summed E-state index contributed by atoms with van der Waals surface area (Å²) in [5, 5.41) is 39.4. The molecule has 0 spiro atoms. The number of rotatable bonds is 7. The summed E-state index contributed by atoms with van der Waals surface area (Å²) in [6.45, 7) is 0.133. The van der Waals surface area contributed by atoms with Gasteiger partial charge in [-0.2, -0.15) is 0 Å². The molecule has 0 bridgehead atoms. The lowest BCUT2D eigenvalue weighted by Gasteiger charge is -2.30. The van der Waals surface area contributed by atoms with Crippen LogP contribution in [0.2, 0.25) is 0 Å². The number of Topliss-reactive ketones (excluding diaryl/α,β-unsaturated/α-hetero) is 1. The van der Waals surface area contributed by atoms with Crippen molar-refractivity contribution in [1.82, 2.24) is 0 Å². The van der Waals surface area contributed by atoms with Gasteiger partial charge in [-0.15, -0.1) is 0 Å². The predicted molar refractivity (Wildman–Crippen MR) is 113 cm³/mol. The van der Waals surface area contributed by atoms with Crippen LogP contribution in [-0.4, -0.2) is 45.5 Å². The molecule has 8 heteroatoms. The Kier molecular flexibility index (Phi) is 6.16. The molecule has 0 saturated heterocycles. The summed E-state index contributed by atoms with van der Waals surface area (Å²) in [5.74, 6) is -0.777. The fourth-order valence-corrected chi connectivity index (χ4v) is 3.49. The van der Waals surface area contributed by atoms with Crippen LogP contribution in [0, 0.1) is 0 Å². The summed E-state index contributed by atoms with van der Waals surface area (Å²) in [7, 11) is 0. The standard InChI is InChI=1S/C24H22O8/c25-8-9-30-18-7-6-15(10-19(18)31-13-14-4-2-1-3-5-14)24-23(29)22(28)21-17(27)11-16(26)12-20(21)32-24/h1-7,10-12,23-27,29H,8-9,13H2. The predicted octanol–water partition coefficient (Wildman–Crippen LogP) is 2.73. The average Bonchev–Trinajstić information content (AvgIpc) is 2.79. The molecular weight excluding hydrogens is 416 g/mol. The highest BCUT2D eigenvalue weighted by Crippen LogP contribution is 2.43. The Morgan fingerprint density at radius 2 is 1.72 bits per heavy atom. The number of aliphatic hydroxyl groups excluding tert-OH is 2. The van der Waals surface area contributed by atoms with Gasteiger partial charge in [-0.25, -0.2) is 0 Å². The number of hydrogen-bond acceptors (Lipinski definition) is 8. The van der Waals surface area contributed by atoms with Crippen molar-refractivity contribution in [2.24, 2.45) is 0 Å². The van der Waals surface area contributed by atoms with Gasteiger partial charge in [-0.3, -0.25) is 4.79 Å². The monoisotopic (exact) mass is 438 g/mol. The third-order valence-corrected chi connectivity index (χ3v) is 5.00. The lowest BCUT2D eigenvalue weighted by Crippen LogP contribution is -2.36. The van der Waals surface area contributed by atoms with Crippen molar-refractivity contribution in [2.45, 2.75) is 18.8 Å². The second-order valence-corrected chi connectivity index (χ2v) is 7.24. The fraction of sp³-hybridized carbons (Fsp3) is 0.208. The van der Waals surface area contributed by atoms with Gasteiger partial charge >= 0.3 is 0 Å². The zero-order valence-corrected chi connectivity index (χ0v) is 17.0. The first kappa shape index (κ1) is 21.5. The third kappa shape index (κ3) is 4.32. The van der Waals surface area contributed by atoms with Crippen LogP contribution in [-0.2, 0) is 6.61 Å². The van der Waals surface area contributed by atoms with E-state index in [-0.39, 0.29) is 36.9 Å². The van der Waals surface area contributed by atoms with E-state index in [2.05, 4.69) is 0 Å². The normalized spacial score (nSPS) is 17.4. The average molecular weight is 438 g/mol. The fourth-order valence-electron chi connectivity index (χ4n) is 3.49. The molecule has 4 rings (SSSR count). The van der Waals surface area contributed by atoms with Crippen LogP contribution in [0.25, 0.3) is 0 Å². The number of phenolic OH excluding ortho intramolecular Hbond substituents is 2. The quantitative estimate of drug-likeness (QED) is 0.444. The van der Waals surface area contributed by atoms with Crippen LogP contribution >= 0.6 is 0 Å². The molecule has 1 aliphatic heterocycles. The molecule has 0 saturated carbocycles. The molecule has 0 fully saturated rings. The number of ketones is 1. The SMILES string of the molecule is O=C1c2c(O)cc(O)cc2OC(c2ccc(OCCO)c(OCc3ccccc3)c2)C1O. The van der Waals surface area contributed by atoms with Gasteiger partial charge < -0.3 is 34.6 Å². The van der Waals surface area contributed by atoms with E-state index in [0.717, 1.165) is 11.6 Å². The lowest BCUT2D eigenvalue weighted by molar-refractivity contribution is 0.0209. The van der Waals surface area contributed by atoms with E-state index in [1.165, 1.54) is 6.07 Å². The van der Waals surface area contributed by atoms with Gasteiger partial charge in [-0.05, 0) is 23.3 Å². The van der Waals surface area contributed by atoms with Crippen molar-refractivity contribution in [2.75, 3.05) is 13.2 Å². The Labute approximate surface area is 183 Å². The zero-order chi connectivity index (χ0) is 22.7. The minimum Gasteiger partial charge on any atom is -0.508 e. The molecule has 1 heterocycles. The van der Waals surface area contributed by atoms with Crippen molar-refractivity contribution in [3.8, 4) is 28.7 Å². The molecular formula is C24H22O8. The van der Waals surface area contributed by atoms with Crippen LogP contribution < -0.4 is 14.2 Å². The molecule has 0 aromatic heterocycles. The van der Waals surface area contributed by atoms with E-state index in [9.17, 15) is 20.1 Å². The van der Waals surface area contributed by atoms with Crippen molar-refractivity contribution in [1.29, 1.82) is 0 Å². The second kappa shape index (κ2) is 9.17. The van der Waals surface area contributed by atoms with Crippen LogP contribution in [0.3, 0.4) is 0 Å². The number of aliphatic hydroxyl groups is 2. The number of benzene rings is 3. The first-order valence-corrected chi connectivity index (χ1v) is 9.97. The molecule has 1 aliphatic rings. The van der Waals surface area contributed by atoms with Gasteiger partial charge in [0.05, 0.1) is 6.61 Å². The van der Waals surface area contributed by atoms with Gasteiger partial charge in [0, 0.05) is 12.1 Å². The molecule has 3 aromatic rings. The first-order valence-electron chi connectivity index (χ1n) is 9.97. The van der Waals surface area contributed by atoms with E-state index < -0.39 is 23.7 Å². The molecule has 4 N–H and O–H groups in total. The number of carbonyl (C=O) groups is 1. The highest BCUT2D eigenvalue weighted by atomic mass is 16.5. The maximum atomic E-state index is 12.7. The molecule has 3 aromatic carbocycles. The van der Waals surface area contributed by atoms with Gasteiger partial charge in [0.15, 0.2) is 23.7 Å². The second-order valence-electron chi connectivity index (χ2n) is 7.24. The van der Waals surface area contributed by atoms with Crippen molar-refractivity contribution in [3.63, 3.8) is 0 Å². The van der Waals surface area contributed by atoms with Gasteiger partial charge in [-0.1, -0.05) is 36.4 Å². The topological polar surface area (TPSA) is 126 Å². The van der Waals surface area contributed by atoms with Gasteiger partial charge in [0.1, 0.15) is 36.0 Å². The van der Waals surface area contributed by atoms with E-state index in [1.807, 2.05) is 30.3 Å². The Hall–Kier alpha value is -3.75. The van der Waals surface area contributed by atoms with Crippen LogP contribution in [0.15, 0.2) is 60.7 Å². The largest absolute Gasteiger partial charge is 0.508 e. The van der Waals surface area contributed by atoms with E-state index >= 15 is 0 Å². The molecule has 0 radical (unpaired) electrons. The summed E-state index contributed by atoms with van der Waals surface area (Å²) < 4.78 is 17.2. The van der Waals surface area contributed by atoms with Crippen LogP contribution in [0.5, 0.6) is 28.7 Å². The summed E-state index contributed by atoms with van der Waals surface area (Å²) in [6.07, 6.45) is -2.67. The third-order valence-electron chi connectivity index (χ3n) is 5.00. The highest BCUT2D eigenvalue weighted by Gasteiger charge is 2.39. The molecule has 166 valence electrons. The Morgan fingerprint density at radius 1 is 0.938 bits per heavy atom. The Bertz CT molecular complexity index is 1110. The van der Waals surface area contributed by atoms with E-state index in [4.69, 9.17) is 19.3 Å². The minimum absolute atomic E-state index is 0.0323. The number of ether oxygens (including phenoxy) is 3. The minimum atomic E-state index is -1.58. The summed E-state index contributed by atoms with van der Waals surface area (Å²) in [6, 6.07) is 16.5. The molecule has 8 nitrogen and oxygen atoms in total. The Balaban J connectivity index is 1.66. The number of carbonyl (C=O) groups excluding carboxylic acids is 1. The summed E-state index contributed by atoms with van der Waals surface area (Å²) in [4.78, 5) is 12.7. The highest BCUT2D eigenvalue weighted by molar-refractivity contribution is 6.05. The smallest absolute Gasteiger partial charge is 0.202 e. The molecule has 0 amide bonds. The number of aromatic hydroxyl groups is 2. The van der Waals surface area contributed by atoms with Gasteiger partial charge in [0.25, 0.3) is 0 Å². The summed E-state index contributed by atoms with van der Waals surface area (Å²) in [5.41, 5.74) is 1.17. The molecule has 2 unspecified atom stereocenters. The van der Waals surface area contributed by atoms with Crippen molar-refractivity contribution >= 4 is 5.78 Å². The van der Waals surface area contributed by atoms with E-state index in [1.54, 1.807) is 18.2 Å². The molecule has 0 aliphatic carbocycles. The van der Waals surface area contributed by atoms with Crippen LogP contribution in [0.1, 0.15) is 27.6 Å². The number of hydrogen-bond donors (Lipinski definition) is 4. The van der Waals surface area contributed by atoms with E-state index in [0.29, 0.717) is 17.1 Å². The first-order chi connectivity index (χ1) is 15.5. The maximum Gasteiger partial charge on any atom is 0.202 e. The molecule has 2 atom stereocenters. The van der Waals surface area contributed by atoms with Crippen LogP contribution in [0.4, 0.5) is 0 Å². The zero-order valence-electron chi connectivity index (χ0n) is 17.0. The molecule has 32 heavy (non-hydrogen) atoms. The Morgan fingerprint density at radius 3 is 2.47 bits per heavy atom. The summed E-state index contributed by atoms with van der Waals surface area (Å²) >= 11 is 0. The number of fused-ring (bicyclic) bond motifs is 1. The number of phenols is 2. The van der Waals surface area contributed by atoms with Crippen molar-refractivity contribution < 1.29 is 39.4 Å². The maximum absolute atomic E-state index is 12.7.